The number of halogens is 1. The number of nitrogens with one attached hydrogen (secondary N) is 2. The number of hydrogen-bond acceptors (Lipinski definition) is 6. The number of nitrogens with zero attached hydrogens (tertiary/aromatic N) is 4. The van der Waals surface area contributed by atoms with Gasteiger partial charge in [-0.3, -0.25) is 9.69 Å². The molecule has 2 aromatic heterocycles. The molecule has 2 aliphatic heterocycles. The lowest BCUT2D eigenvalue weighted by Gasteiger charge is -2.28. The number of para-hydroxylation sites is 1. The van der Waals surface area contributed by atoms with E-state index >= 15 is 0 Å². The van der Waals surface area contributed by atoms with Gasteiger partial charge in [-0.1, -0.05) is 42.3 Å². The number of piperidine rings is 1. The van der Waals surface area contributed by atoms with Crippen molar-refractivity contribution < 1.29 is 9.59 Å². The van der Waals surface area contributed by atoms with Crippen LogP contribution in [-0.4, -0.2) is 39.9 Å². The first-order chi connectivity index (χ1) is 18.0. The lowest BCUT2D eigenvalue weighted by molar-refractivity contribution is 0.103. The second-order valence-electron chi connectivity index (χ2n) is 9.34. The molecule has 2 aliphatic rings. The maximum absolute atomic E-state index is 13.3. The van der Waals surface area contributed by atoms with E-state index in [9.17, 15) is 9.59 Å². The minimum atomic E-state index is -0.432. The summed E-state index contributed by atoms with van der Waals surface area (Å²) in [5.41, 5.74) is 3.71. The summed E-state index contributed by atoms with van der Waals surface area (Å²) in [7, 11) is 0. The summed E-state index contributed by atoms with van der Waals surface area (Å²) >= 11 is 7.69. The summed E-state index contributed by atoms with van der Waals surface area (Å²) in [5, 5.41) is 6.91. The number of carbonyl (C=O) groups excluding carboxylic acids is 2. The van der Waals surface area contributed by atoms with Crippen molar-refractivity contribution in [1.82, 2.24) is 14.9 Å². The lowest BCUT2D eigenvalue weighted by Crippen LogP contribution is -2.35. The third-order valence-corrected chi connectivity index (χ3v) is 8.20. The smallest absolute Gasteiger partial charge is 0.321 e. The van der Waals surface area contributed by atoms with Crippen molar-refractivity contribution in [2.45, 2.75) is 32.7 Å². The monoisotopic (exact) mass is 532 g/mol. The van der Waals surface area contributed by atoms with Gasteiger partial charge in [-0.25, -0.2) is 19.7 Å². The highest BCUT2D eigenvalue weighted by molar-refractivity contribution is 7.21. The van der Waals surface area contributed by atoms with Crippen LogP contribution >= 0.6 is 22.9 Å². The van der Waals surface area contributed by atoms with Crippen molar-refractivity contribution in [3.8, 4) is 0 Å². The Morgan fingerprint density at radius 1 is 1.11 bits per heavy atom. The number of urea groups is 1. The zero-order valence-electron chi connectivity index (χ0n) is 20.3. The van der Waals surface area contributed by atoms with Gasteiger partial charge >= 0.3 is 6.03 Å². The number of anilines is 4. The number of amides is 3. The van der Waals surface area contributed by atoms with Crippen LogP contribution < -0.4 is 15.5 Å². The zero-order chi connectivity index (χ0) is 25.5. The first-order valence-corrected chi connectivity index (χ1v) is 13.5. The van der Waals surface area contributed by atoms with Crippen molar-refractivity contribution in [2.75, 3.05) is 28.6 Å². The van der Waals surface area contributed by atoms with Crippen LogP contribution in [-0.2, 0) is 6.54 Å². The average molecular weight is 533 g/mol. The summed E-state index contributed by atoms with van der Waals surface area (Å²) in [6, 6.07) is 12.9. The second-order valence-corrected chi connectivity index (χ2v) is 10.7. The Morgan fingerprint density at radius 2 is 1.89 bits per heavy atom. The van der Waals surface area contributed by atoms with E-state index in [2.05, 4.69) is 25.5 Å². The van der Waals surface area contributed by atoms with Gasteiger partial charge in [0.2, 0.25) is 0 Å². The molecule has 0 aliphatic carbocycles. The molecule has 0 spiro atoms. The molecule has 4 aromatic rings. The molecular formula is C27H25ClN6O2S. The van der Waals surface area contributed by atoms with E-state index in [1.54, 1.807) is 6.07 Å². The normalized spacial score (nSPS) is 15.6. The second kappa shape index (κ2) is 9.74. The standard InChI is InChI=1S/C27H25ClN6O2S/c1-16-6-5-7-19(28)22(16)34-24-20-21(32-27(34)36)23(37-26(20)30-15-29-24)25(35)31-18-10-8-17(9-11-18)14-33-12-3-2-4-13-33/h5-11,15H,2-4,12-14H2,1H3,(H,31,35)(H,32,36). The summed E-state index contributed by atoms with van der Waals surface area (Å²) in [6.07, 6.45) is 5.22. The van der Waals surface area contributed by atoms with Crippen LogP contribution in [0.2, 0.25) is 5.02 Å². The van der Waals surface area contributed by atoms with Gasteiger partial charge in [0.05, 0.1) is 21.8 Å². The Labute approximate surface area is 223 Å². The zero-order valence-corrected chi connectivity index (χ0v) is 21.8. The fourth-order valence-corrected chi connectivity index (χ4v) is 6.29. The number of rotatable bonds is 5. The van der Waals surface area contributed by atoms with Crippen molar-refractivity contribution in [3.63, 3.8) is 0 Å². The van der Waals surface area contributed by atoms with Gasteiger partial charge < -0.3 is 10.6 Å². The molecule has 8 nitrogen and oxygen atoms in total. The predicted molar refractivity (Wildman–Crippen MR) is 148 cm³/mol. The predicted octanol–water partition coefficient (Wildman–Crippen LogP) is 6.57. The Hall–Kier alpha value is -3.53. The molecule has 1 fully saturated rings. The van der Waals surface area contributed by atoms with Gasteiger partial charge in [-0.05, 0) is 62.2 Å². The van der Waals surface area contributed by atoms with Crippen LogP contribution in [0, 0.1) is 6.92 Å². The molecule has 6 rings (SSSR count). The highest BCUT2D eigenvalue weighted by Crippen LogP contribution is 2.46. The number of aromatic nitrogens is 2. The highest BCUT2D eigenvalue weighted by atomic mass is 35.5. The van der Waals surface area contributed by atoms with E-state index in [-0.39, 0.29) is 5.91 Å². The number of carbonyl (C=O) groups is 2. The first kappa shape index (κ1) is 23.8. The summed E-state index contributed by atoms with van der Waals surface area (Å²) < 4.78 is 0. The van der Waals surface area contributed by atoms with Gasteiger partial charge in [0.25, 0.3) is 5.91 Å². The van der Waals surface area contributed by atoms with Crippen LogP contribution in [0.3, 0.4) is 0 Å². The molecule has 0 saturated carbocycles. The van der Waals surface area contributed by atoms with Crippen LogP contribution in [0.1, 0.15) is 40.1 Å². The Balaban J connectivity index is 1.29. The fourth-order valence-electron chi connectivity index (χ4n) is 5.00. The molecule has 4 heterocycles. The molecular weight excluding hydrogens is 508 g/mol. The minimum absolute atomic E-state index is 0.310. The van der Waals surface area contributed by atoms with E-state index in [0.29, 0.717) is 43.0 Å². The van der Waals surface area contributed by atoms with Crippen LogP contribution in [0.15, 0.2) is 48.8 Å². The number of thiophene rings is 1. The van der Waals surface area contributed by atoms with Gasteiger partial charge in [-0.2, -0.15) is 0 Å². The molecule has 3 amide bonds. The Morgan fingerprint density at radius 3 is 2.65 bits per heavy atom. The van der Waals surface area contributed by atoms with Gasteiger partial charge in [0.1, 0.15) is 16.0 Å². The Kier molecular flexibility index (Phi) is 6.27. The molecule has 0 atom stereocenters. The molecule has 188 valence electrons. The van der Waals surface area contributed by atoms with Crippen molar-refractivity contribution in [1.29, 1.82) is 0 Å². The van der Waals surface area contributed by atoms with Crippen molar-refractivity contribution >= 4 is 68.0 Å². The highest BCUT2D eigenvalue weighted by Gasteiger charge is 2.35. The van der Waals surface area contributed by atoms with E-state index < -0.39 is 6.03 Å². The molecule has 10 heteroatoms. The van der Waals surface area contributed by atoms with E-state index in [0.717, 1.165) is 25.2 Å². The van der Waals surface area contributed by atoms with Crippen LogP contribution in [0.5, 0.6) is 0 Å². The van der Waals surface area contributed by atoms with Gasteiger partial charge in [0.15, 0.2) is 5.82 Å². The quantitative estimate of drug-likeness (QED) is 0.303. The SMILES string of the molecule is Cc1cccc(Cl)c1N1C(=O)Nc2c(C(=O)Nc3ccc(CN4CCCCC4)cc3)sc3ncnc1c23. The molecule has 1 saturated heterocycles. The summed E-state index contributed by atoms with van der Waals surface area (Å²) in [6.45, 7) is 5.07. The van der Waals surface area contributed by atoms with Crippen LogP contribution in [0.25, 0.3) is 10.2 Å². The van der Waals surface area contributed by atoms with Crippen molar-refractivity contribution in [3.05, 3.63) is 69.8 Å². The minimum Gasteiger partial charge on any atom is -0.321 e. The Bertz CT molecular complexity index is 1490. The van der Waals surface area contributed by atoms with E-state index in [4.69, 9.17) is 11.6 Å². The molecule has 2 N–H and O–H groups in total. The fraction of sp³-hybridized carbons (Fsp3) is 0.259. The molecule has 2 aromatic carbocycles. The summed E-state index contributed by atoms with van der Waals surface area (Å²) in [4.78, 5) is 40.3. The maximum atomic E-state index is 13.3. The van der Waals surface area contributed by atoms with Crippen LogP contribution in [0.4, 0.5) is 27.7 Å². The first-order valence-electron chi connectivity index (χ1n) is 12.3. The van der Waals surface area contributed by atoms with Gasteiger partial charge in [-0.15, -0.1) is 11.3 Å². The third kappa shape index (κ3) is 4.43. The van der Waals surface area contributed by atoms with Crippen molar-refractivity contribution in [2.24, 2.45) is 0 Å². The summed E-state index contributed by atoms with van der Waals surface area (Å²) in [5.74, 6) is 0.0905. The number of likely N-dealkylation sites (tertiary alicyclic amines) is 1. The molecule has 37 heavy (non-hydrogen) atoms. The maximum Gasteiger partial charge on any atom is 0.332 e. The van der Waals surface area contributed by atoms with Gasteiger partial charge in [0, 0.05) is 12.2 Å². The largest absolute Gasteiger partial charge is 0.332 e. The topological polar surface area (TPSA) is 90.5 Å². The average Bonchev–Trinajstić information content (AvgIpc) is 3.27. The number of aryl methyl sites for hydroxylation is 1. The van der Waals surface area contributed by atoms with E-state index in [1.807, 2.05) is 43.3 Å². The molecule has 0 unspecified atom stereocenters. The number of hydrogen-bond donors (Lipinski definition) is 2. The van der Waals surface area contributed by atoms with E-state index in [1.165, 1.54) is 47.4 Å². The molecule has 0 bridgehead atoms. The number of benzene rings is 2. The third-order valence-electron chi connectivity index (χ3n) is 6.80. The molecule has 0 radical (unpaired) electrons. The lowest BCUT2D eigenvalue weighted by atomic mass is 10.1.